The molecule has 3 rings (SSSR count). The van der Waals surface area contributed by atoms with Gasteiger partial charge in [-0.15, -0.1) is 23.1 Å². The first-order valence-electron chi connectivity index (χ1n) is 7.48. The number of anilines is 1. The number of thioether (sulfide) groups is 1. The smallest absolute Gasteiger partial charge is 0.325 e. The van der Waals surface area contributed by atoms with Gasteiger partial charge in [-0.3, -0.25) is 14.6 Å². The van der Waals surface area contributed by atoms with Gasteiger partial charge in [0.1, 0.15) is 16.3 Å². The molecule has 12 heteroatoms. The van der Waals surface area contributed by atoms with Gasteiger partial charge in [0, 0.05) is 0 Å². The van der Waals surface area contributed by atoms with Gasteiger partial charge in [-0.1, -0.05) is 12.1 Å². The summed E-state index contributed by atoms with van der Waals surface area (Å²) in [5, 5.41) is 11.5. The summed E-state index contributed by atoms with van der Waals surface area (Å²) in [5.74, 6) is -1.01. The minimum Gasteiger partial charge on any atom is -0.325 e. The Hall–Kier alpha value is -3.04. The number of aromatic amines is 2. The lowest BCUT2D eigenvalue weighted by atomic mass is 10.1. The van der Waals surface area contributed by atoms with E-state index in [0.29, 0.717) is 4.21 Å². The van der Waals surface area contributed by atoms with Crippen LogP contribution in [-0.2, 0) is 11.0 Å². The number of hydrogen-bond donors (Lipinski definition) is 3. The zero-order chi connectivity index (χ0) is 20.5. The molecule has 0 unspecified atom stereocenters. The number of aromatic nitrogens is 2. The highest BCUT2D eigenvalue weighted by Gasteiger charge is 2.33. The van der Waals surface area contributed by atoms with Crippen LogP contribution in [0.25, 0.3) is 10.2 Å². The van der Waals surface area contributed by atoms with Crippen LogP contribution in [0.1, 0.15) is 11.1 Å². The van der Waals surface area contributed by atoms with Gasteiger partial charge in [0.25, 0.3) is 5.56 Å². The van der Waals surface area contributed by atoms with Crippen molar-refractivity contribution in [1.29, 1.82) is 5.26 Å². The molecule has 0 aliphatic heterocycles. The number of benzene rings is 1. The maximum Gasteiger partial charge on any atom is 0.418 e. The lowest BCUT2D eigenvalue weighted by molar-refractivity contribution is -0.137. The fraction of sp³-hybridized carbons (Fsp3) is 0.125. The molecule has 2 heterocycles. The summed E-state index contributed by atoms with van der Waals surface area (Å²) in [6, 6.07) is 6.42. The van der Waals surface area contributed by atoms with E-state index in [9.17, 15) is 32.8 Å². The molecule has 0 fully saturated rings. The van der Waals surface area contributed by atoms with Crippen molar-refractivity contribution in [2.24, 2.45) is 0 Å². The summed E-state index contributed by atoms with van der Waals surface area (Å²) in [7, 11) is 0. The fourth-order valence-corrected chi connectivity index (χ4v) is 4.48. The van der Waals surface area contributed by atoms with Crippen molar-refractivity contribution in [3.05, 3.63) is 56.2 Å². The Morgan fingerprint density at radius 2 is 1.96 bits per heavy atom. The number of carbonyl (C=O) groups excluding carboxylic acids is 1. The van der Waals surface area contributed by atoms with Crippen molar-refractivity contribution in [1.82, 2.24) is 9.97 Å². The number of halogens is 3. The molecule has 0 saturated heterocycles. The molecule has 0 aliphatic carbocycles. The Morgan fingerprint density at radius 1 is 1.25 bits per heavy atom. The Kier molecular flexibility index (Phi) is 5.30. The maximum absolute atomic E-state index is 13.0. The van der Waals surface area contributed by atoms with Crippen LogP contribution in [0.15, 0.2) is 38.1 Å². The van der Waals surface area contributed by atoms with E-state index in [0.717, 1.165) is 35.2 Å². The van der Waals surface area contributed by atoms with E-state index in [1.807, 2.05) is 11.1 Å². The second-order valence-electron chi connectivity index (χ2n) is 5.37. The first-order valence-corrected chi connectivity index (χ1v) is 9.29. The molecular weight excluding hydrogens is 417 g/mol. The highest BCUT2D eigenvalue weighted by molar-refractivity contribution is 8.02. The van der Waals surface area contributed by atoms with Gasteiger partial charge >= 0.3 is 11.9 Å². The monoisotopic (exact) mass is 426 g/mol. The minimum atomic E-state index is -4.62. The summed E-state index contributed by atoms with van der Waals surface area (Å²) in [5.41, 5.74) is -2.71. The molecule has 0 spiro atoms. The van der Waals surface area contributed by atoms with Gasteiger partial charge in [0.2, 0.25) is 5.91 Å². The quantitative estimate of drug-likeness (QED) is 0.555. The van der Waals surface area contributed by atoms with Crippen LogP contribution >= 0.6 is 23.1 Å². The van der Waals surface area contributed by atoms with Crippen molar-refractivity contribution < 1.29 is 18.0 Å². The Bertz CT molecular complexity index is 1220. The SMILES string of the molecule is N#Cc1c(SCC(=O)Nc2ccccc2C(F)(F)F)sc2c(=O)[nH]c(=O)[nH]c12. The van der Waals surface area contributed by atoms with Crippen LogP contribution in [-0.4, -0.2) is 21.6 Å². The third-order valence-corrected chi connectivity index (χ3v) is 5.96. The van der Waals surface area contributed by atoms with Crippen LogP contribution in [0.5, 0.6) is 0 Å². The number of alkyl halides is 3. The van der Waals surface area contributed by atoms with E-state index in [1.54, 1.807) is 0 Å². The third-order valence-electron chi connectivity index (χ3n) is 3.50. The molecule has 144 valence electrons. The van der Waals surface area contributed by atoms with E-state index >= 15 is 0 Å². The van der Waals surface area contributed by atoms with Crippen LogP contribution in [0.3, 0.4) is 0 Å². The topological polar surface area (TPSA) is 119 Å². The lowest BCUT2D eigenvalue weighted by Gasteiger charge is -2.13. The van der Waals surface area contributed by atoms with Crippen molar-refractivity contribution >= 4 is 44.9 Å². The normalized spacial score (nSPS) is 11.4. The van der Waals surface area contributed by atoms with Crippen LogP contribution in [0.2, 0.25) is 0 Å². The van der Waals surface area contributed by atoms with Crippen LogP contribution in [0.4, 0.5) is 18.9 Å². The molecule has 0 atom stereocenters. The Labute approximate surface area is 162 Å². The molecule has 3 N–H and O–H groups in total. The molecular formula is C16H9F3N4O3S2. The number of rotatable bonds is 4. The number of thiophene rings is 1. The Balaban J connectivity index is 1.81. The van der Waals surface area contributed by atoms with E-state index in [4.69, 9.17) is 0 Å². The number of nitrogens with one attached hydrogen (secondary N) is 3. The molecule has 7 nitrogen and oxygen atoms in total. The number of amides is 1. The average Bonchev–Trinajstić information content (AvgIpc) is 2.97. The first kappa shape index (κ1) is 19.7. The predicted molar refractivity (Wildman–Crippen MR) is 98.6 cm³/mol. The second-order valence-corrected chi connectivity index (χ2v) is 7.63. The first-order chi connectivity index (χ1) is 13.2. The number of carbonyl (C=O) groups is 1. The molecule has 2 aromatic heterocycles. The van der Waals surface area contributed by atoms with E-state index < -0.39 is 28.9 Å². The van der Waals surface area contributed by atoms with Crippen molar-refractivity contribution in [2.45, 2.75) is 10.4 Å². The van der Waals surface area contributed by atoms with Gasteiger partial charge in [-0.05, 0) is 12.1 Å². The summed E-state index contributed by atoms with van der Waals surface area (Å²) in [4.78, 5) is 39.7. The molecule has 3 aromatic rings. The fourth-order valence-electron chi connectivity index (χ4n) is 2.35. The minimum absolute atomic E-state index is 0.0247. The summed E-state index contributed by atoms with van der Waals surface area (Å²) < 4.78 is 39.4. The third kappa shape index (κ3) is 3.95. The second kappa shape index (κ2) is 7.53. The van der Waals surface area contributed by atoms with Gasteiger partial charge in [0.05, 0.1) is 26.7 Å². The number of nitriles is 1. The maximum atomic E-state index is 13.0. The predicted octanol–water partition coefficient (Wildman–Crippen LogP) is 2.90. The zero-order valence-electron chi connectivity index (χ0n) is 13.6. The number of hydrogen-bond acceptors (Lipinski definition) is 6. The number of nitrogens with zero attached hydrogens (tertiary/aromatic N) is 1. The van der Waals surface area contributed by atoms with Gasteiger partial charge < -0.3 is 10.3 Å². The van der Waals surface area contributed by atoms with Gasteiger partial charge in [-0.25, -0.2) is 4.79 Å². The highest BCUT2D eigenvalue weighted by atomic mass is 32.2. The van der Waals surface area contributed by atoms with E-state index in [2.05, 4.69) is 10.3 Å². The van der Waals surface area contributed by atoms with Crippen LogP contribution in [0, 0.1) is 11.3 Å². The van der Waals surface area contributed by atoms with E-state index in [1.165, 1.54) is 12.1 Å². The molecule has 0 radical (unpaired) electrons. The largest absolute Gasteiger partial charge is 0.418 e. The number of para-hydroxylation sites is 1. The van der Waals surface area contributed by atoms with Gasteiger partial charge in [-0.2, -0.15) is 18.4 Å². The summed E-state index contributed by atoms with van der Waals surface area (Å²) in [6.07, 6.45) is -4.62. The zero-order valence-corrected chi connectivity index (χ0v) is 15.3. The molecule has 28 heavy (non-hydrogen) atoms. The van der Waals surface area contributed by atoms with Crippen molar-refractivity contribution in [2.75, 3.05) is 11.1 Å². The van der Waals surface area contributed by atoms with Crippen molar-refractivity contribution in [3.63, 3.8) is 0 Å². The molecule has 0 aliphatic rings. The lowest BCUT2D eigenvalue weighted by Crippen LogP contribution is -2.20. The molecule has 1 aromatic carbocycles. The van der Waals surface area contributed by atoms with Crippen LogP contribution < -0.4 is 16.6 Å². The number of H-pyrrole nitrogens is 2. The summed E-state index contributed by atoms with van der Waals surface area (Å²) >= 11 is 1.79. The molecule has 1 amide bonds. The highest BCUT2D eigenvalue weighted by Crippen LogP contribution is 2.36. The molecule has 0 bridgehead atoms. The van der Waals surface area contributed by atoms with Crippen molar-refractivity contribution in [3.8, 4) is 6.07 Å². The molecule has 0 saturated carbocycles. The van der Waals surface area contributed by atoms with Gasteiger partial charge in [0.15, 0.2) is 0 Å². The summed E-state index contributed by atoms with van der Waals surface area (Å²) in [6.45, 7) is 0. The van der Waals surface area contributed by atoms with E-state index in [-0.39, 0.29) is 27.2 Å². The number of fused-ring (bicyclic) bond motifs is 1. The average molecular weight is 426 g/mol. The Morgan fingerprint density at radius 3 is 2.64 bits per heavy atom. The standard InChI is InChI=1S/C16H9F3N4O3S2/c17-16(18,19)8-3-1-2-4-9(8)21-10(24)6-27-14-7(5-20)11-12(28-14)13(25)23-15(26)22-11/h1-4H,6H2,(H,21,24)(H2,22,23,25,26).